The number of halogens is 6. The van der Waals surface area contributed by atoms with Crippen LogP contribution >= 0.6 is 11.6 Å². The van der Waals surface area contributed by atoms with Crippen LogP contribution in [0.2, 0.25) is 5.02 Å². The first-order chi connectivity index (χ1) is 35.6. The van der Waals surface area contributed by atoms with Gasteiger partial charge in [-0.05, 0) is 19.0 Å². The first kappa shape index (κ1) is 51.9. The summed E-state index contributed by atoms with van der Waals surface area (Å²) in [6, 6.07) is 13.9. The van der Waals surface area contributed by atoms with Gasteiger partial charge in [0.15, 0.2) is 11.6 Å². The second-order valence-corrected chi connectivity index (χ2v) is 23.1. The van der Waals surface area contributed by atoms with Crippen LogP contribution in [0.3, 0.4) is 0 Å². The summed E-state index contributed by atoms with van der Waals surface area (Å²) in [5.41, 5.74) is 6.52. The zero-order chi connectivity index (χ0) is 52.2. The van der Waals surface area contributed by atoms with Gasteiger partial charge in [-0.2, -0.15) is 5.10 Å². The summed E-state index contributed by atoms with van der Waals surface area (Å²) < 4.78 is 80.9. The van der Waals surface area contributed by atoms with Gasteiger partial charge in [-0.25, -0.2) is 13.6 Å². The van der Waals surface area contributed by atoms with Gasteiger partial charge in [-0.15, -0.1) is 0 Å². The molecule has 74 heavy (non-hydrogen) atoms. The minimum atomic E-state index is -1.13. The molecule has 0 radical (unpaired) electrons. The number of aliphatic hydroxyl groups is 1. The fraction of sp³-hybridized carbons (Fsp3) is 0.453. The van der Waals surface area contributed by atoms with E-state index in [2.05, 4.69) is 18.8 Å². The first-order valence-electron chi connectivity index (χ1n) is 25.1. The molecule has 5 aromatic rings. The number of hydrogen-bond acceptors (Lipinski definition) is 10. The predicted molar refractivity (Wildman–Crippen MR) is 263 cm³/mol. The fourth-order valence-electron chi connectivity index (χ4n) is 11.7. The predicted octanol–water partition coefficient (Wildman–Crippen LogP) is 4.60. The third kappa shape index (κ3) is 9.57. The Morgan fingerprint density at radius 2 is 1.69 bits per heavy atom. The number of aryl methyl sites for hydroxylation is 1. The molecule has 5 N–H and O–H groups in total. The van der Waals surface area contributed by atoms with Crippen molar-refractivity contribution in [3.63, 3.8) is 0 Å². The molecular weight excluding hydrogens is 1100 g/mol. The number of piperidine rings is 1. The van der Waals surface area contributed by atoms with E-state index < -0.39 is 83.7 Å². The van der Waals surface area contributed by atoms with Crippen molar-refractivity contribution < 1.29 is 72.8 Å². The third-order valence-corrected chi connectivity index (χ3v) is 19.6. The molecule has 1 aliphatic carbocycles. The second-order valence-electron chi connectivity index (χ2n) is 20.0. The number of nitrogens with two attached hydrogens (primary N) is 1. The molecule has 4 aromatic carbocycles. The van der Waals surface area contributed by atoms with Crippen molar-refractivity contribution in [2.75, 3.05) is 57.4 Å². The summed E-state index contributed by atoms with van der Waals surface area (Å²) in [5, 5.41) is 15.7. The Labute approximate surface area is 440 Å². The average molecular weight is 1160 g/mol. The fourth-order valence-corrected chi connectivity index (χ4v) is 15.3. The molecule has 10 rings (SSSR count). The third-order valence-electron chi connectivity index (χ3n) is 15.5. The number of hydrogen-bond donors (Lipinski definition) is 4. The molecule has 394 valence electrons. The summed E-state index contributed by atoms with van der Waals surface area (Å²) in [5.74, 6) is -5.14. The van der Waals surface area contributed by atoms with E-state index in [9.17, 15) is 24.3 Å². The van der Waals surface area contributed by atoms with Crippen LogP contribution < -0.4 is 50.4 Å². The van der Waals surface area contributed by atoms with E-state index in [1.807, 2.05) is 42.2 Å². The number of carbonyl (C=O) groups is 4. The molecule has 1 unspecified atom stereocenters. The van der Waals surface area contributed by atoms with Gasteiger partial charge in [0.1, 0.15) is 11.3 Å². The Hall–Kier alpha value is -5.55. The second kappa shape index (κ2) is 21.2. The Kier molecular flexibility index (Phi) is 14.9. The number of nitrogens with one attached hydrogen (secondary N) is 2. The number of anilines is 1. The molecule has 5 heterocycles. The van der Waals surface area contributed by atoms with E-state index in [1.54, 1.807) is 7.05 Å². The van der Waals surface area contributed by atoms with Gasteiger partial charge in [-0.3, -0.25) is 19.7 Å². The number of urea groups is 1. The van der Waals surface area contributed by atoms with Gasteiger partial charge < -0.3 is 0 Å². The molecule has 4 aliphatic heterocycles. The molecule has 3 saturated heterocycles. The maximum atomic E-state index is 16.5. The molecule has 15 nitrogen and oxygen atoms in total. The number of benzene rings is 4. The Morgan fingerprint density at radius 3 is 2.39 bits per heavy atom. The first-order valence-corrected chi connectivity index (χ1v) is 27.6. The van der Waals surface area contributed by atoms with Crippen LogP contribution in [0.4, 0.5) is 28.2 Å². The number of aliphatic hydroxyl groups excluding tert-OH is 1. The van der Waals surface area contributed by atoms with E-state index in [0.29, 0.717) is 56.9 Å². The van der Waals surface area contributed by atoms with Crippen LogP contribution in [-0.2, 0) is 20.2 Å². The number of rotatable bonds is 14. The topological polar surface area (TPSA) is 185 Å². The van der Waals surface area contributed by atoms with E-state index in [-0.39, 0.29) is 93.8 Å². The maximum absolute atomic E-state index is 16.5. The van der Waals surface area contributed by atoms with Gasteiger partial charge >= 0.3 is 313 Å². The minimum absolute atomic E-state index is 0.0164. The Balaban J connectivity index is 0.755. The van der Waals surface area contributed by atoms with Crippen LogP contribution in [0.25, 0.3) is 22.0 Å². The van der Waals surface area contributed by atoms with Gasteiger partial charge in [0.2, 0.25) is 5.91 Å². The Morgan fingerprint density at radius 1 is 0.946 bits per heavy atom. The van der Waals surface area contributed by atoms with Gasteiger partial charge in [0.05, 0.1) is 5.39 Å². The summed E-state index contributed by atoms with van der Waals surface area (Å²) in [7, 11) is 1.55. The summed E-state index contributed by atoms with van der Waals surface area (Å²) in [4.78, 5) is 56.6. The van der Waals surface area contributed by atoms with Gasteiger partial charge in [0, 0.05) is 38.0 Å². The average Bonchev–Trinajstić information content (AvgIpc) is 4.08. The number of nitrogens with zero attached hydrogens (tertiary/aromatic N) is 5. The van der Waals surface area contributed by atoms with E-state index >= 15 is 17.6 Å². The molecule has 0 bridgehead atoms. The van der Waals surface area contributed by atoms with Crippen LogP contribution in [0.1, 0.15) is 97.2 Å². The standard InChI is InChI=1S/C53H57ClF4IN8O7/c1-28-41-39(25-37(56)45(54)44(41)43-34(49(60)70)12-13-38(46(43)57)73-23-22-68)74-53(28,32-6-4-3-5-7-32)59-62-33-10-8-30(9-11-33)51(71)66-19-14-29(15-20-66)26-65-18-16-31(27-65)42-36(55)24-35-48(47(42)58)64(2)63-50(35)67-21-17-40(69)61-52(67)72/h3-7,12-13,24-25,28-31,33,62,68H,8-11,14-23,26-27H2,1-2H3,(H2,60,70)(H,61,69,72)/q-1/t28-,30?,31?,33?,53-/m0/s1. The van der Waals surface area contributed by atoms with Crippen molar-refractivity contribution >= 4 is 52.1 Å². The van der Waals surface area contributed by atoms with Crippen molar-refractivity contribution in [3.8, 4) is 22.6 Å². The molecule has 21 heteroatoms. The normalized spacial score (nSPS) is 23.6. The zero-order valence-corrected chi connectivity index (χ0v) is 43.8. The van der Waals surface area contributed by atoms with Crippen molar-refractivity contribution in [1.29, 1.82) is 0 Å². The van der Waals surface area contributed by atoms with E-state index in [1.165, 1.54) is 33.8 Å². The van der Waals surface area contributed by atoms with Crippen LogP contribution in [0.5, 0.6) is 11.5 Å². The molecule has 4 fully saturated rings. The Bertz CT molecular complexity index is 3030. The molecule has 0 spiro atoms. The summed E-state index contributed by atoms with van der Waals surface area (Å²) >= 11 is 5.59. The molecule has 5 aliphatic rings. The van der Waals surface area contributed by atoms with Crippen LogP contribution in [0.15, 0.2) is 54.6 Å². The number of likely N-dealkylation sites (tertiary alicyclic amines) is 2. The summed E-state index contributed by atoms with van der Waals surface area (Å²) in [6.07, 6.45) is 5.20. The van der Waals surface area contributed by atoms with Gasteiger partial charge in [-0.1, -0.05) is 0 Å². The van der Waals surface area contributed by atoms with Crippen LogP contribution in [-0.4, -0.2) is 107 Å². The van der Waals surface area contributed by atoms with E-state index in [4.69, 9.17) is 26.8 Å². The van der Waals surface area contributed by atoms with Crippen molar-refractivity contribution in [1.82, 2.24) is 28.4 Å². The molecule has 3 atom stereocenters. The van der Waals surface area contributed by atoms with E-state index in [0.717, 1.165) is 37.8 Å². The number of aromatic nitrogens is 2. The summed E-state index contributed by atoms with van der Waals surface area (Å²) in [6.45, 7) is 4.58. The number of amides is 5. The number of imide groups is 1. The SMILES string of the molecule is C[C@H]1c2c(cc(F)c(Cl)c2-c2c(C(N)=O)ccc(OCCO)c2F)O[C@]1([I-]NC1CCC(C(=O)N2CCC(CN3CCC(c4c(F)cc5c(N6CCC(=O)NC6=O)nn(C)c5c4F)C3)CC2)CC1)c1ccccc1. The van der Waals surface area contributed by atoms with Crippen molar-refractivity contribution in [2.24, 2.45) is 24.6 Å². The van der Waals surface area contributed by atoms with Gasteiger partial charge in [0.25, 0.3) is 0 Å². The quantitative estimate of drug-likeness (QED) is 0.0531. The van der Waals surface area contributed by atoms with Crippen molar-refractivity contribution in [2.45, 2.75) is 79.8 Å². The molecule has 1 aromatic heterocycles. The monoisotopic (exact) mass is 1160 g/mol. The number of ether oxygens (including phenoxy) is 2. The molecule has 1 saturated carbocycles. The van der Waals surface area contributed by atoms with Crippen molar-refractivity contribution in [3.05, 3.63) is 105 Å². The zero-order valence-electron chi connectivity index (χ0n) is 40.9. The number of carbonyl (C=O) groups excluding carboxylic acids is 4. The number of primary amides is 1. The number of alkyl halides is 1. The number of fused-ring (bicyclic) bond motifs is 2. The van der Waals surface area contributed by atoms with Crippen LogP contribution in [0, 0.1) is 35.1 Å². The molecular formula is C53H57ClF4IN8O7-. The molecule has 5 amide bonds.